The fourth-order valence-electron chi connectivity index (χ4n) is 3.79. The van der Waals surface area contributed by atoms with Crippen molar-refractivity contribution >= 4 is 18.0 Å². The molecule has 2 atom stereocenters. The molecule has 0 unspecified atom stereocenters. The standard InChI is InChI=1S/C23H26N2O6/c1-2-19(21(27)24-20(11-12-26)22(28)29)25-23(30)31-13-18-16-9-5-3-7-14(16)15-8-4-6-10-17(15)18/h3-10,18-20,26H,2,11-13H2,1H3,(H,24,27)(H,25,30)(H,28,29)/t19-,20-/m0/s1. The topological polar surface area (TPSA) is 125 Å². The average molecular weight is 426 g/mol. The Morgan fingerprint density at radius 3 is 2.06 bits per heavy atom. The Morgan fingerprint density at radius 2 is 1.55 bits per heavy atom. The van der Waals surface area contributed by atoms with E-state index in [0.717, 1.165) is 22.3 Å². The van der Waals surface area contributed by atoms with E-state index in [9.17, 15) is 14.4 Å². The van der Waals surface area contributed by atoms with E-state index in [2.05, 4.69) is 10.6 Å². The van der Waals surface area contributed by atoms with E-state index in [1.165, 1.54) is 0 Å². The molecule has 0 aliphatic heterocycles. The minimum absolute atomic E-state index is 0.104. The Hall–Kier alpha value is -3.39. The highest BCUT2D eigenvalue weighted by atomic mass is 16.5. The predicted molar refractivity (Wildman–Crippen MR) is 114 cm³/mol. The van der Waals surface area contributed by atoms with Gasteiger partial charge in [-0.3, -0.25) is 4.79 Å². The highest BCUT2D eigenvalue weighted by Gasteiger charge is 2.30. The van der Waals surface area contributed by atoms with Gasteiger partial charge in [-0.05, 0) is 28.7 Å². The van der Waals surface area contributed by atoms with Crippen LogP contribution in [-0.4, -0.2) is 53.5 Å². The molecule has 3 rings (SSSR count). The Morgan fingerprint density at radius 1 is 0.968 bits per heavy atom. The number of amides is 2. The zero-order valence-corrected chi connectivity index (χ0v) is 17.2. The Kier molecular flexibility index (Phi) is 7.25. The van der Waals surface area contributed by atoms with Gasteiger partial charge in [0.15, 0.2) is 0 Å². The van der Waals surface area contributed by atoms with Crippen LogP contribution in [0, 0.1) is 0 Å². The summed E-state index contributed by atoms with van der Waals surface area (Å²) in [5.41, 5.74) is 4.38. The summed E-state index contributed by atoms with van der Waals surface area (Å²) in [5.74, 6) is -2.00. The van der Waals surface area contributed by atoms with Crippen molar-refractivity contribution < 1.29 is 29.3 Å². The molecular weight excluding hydrogens is 400 g/mol. The predicted octanol–water partition coefficient (Wildman–Crippen LogP) is 2.26. The van der Waals surface area contributed by atoms with Gasteiger partial charge in [-0.25, -0.2) is 9.59 Å². The Bertz CT molecular complexity index is 915. The highest BCUT2D eigenvalue weighted by molar-refractivity contribution is 5.89. The van der Waals surface area contributed by atoms with Crippen LogP contribution in [0.2, 0.25) is 0 Å². The van der Waals surface area contributed by atoms with Gasteiger partial charge in [0.05, 0.1) is 0 Å². The van der Waals surface area contributed by atoms with E-state index in [-0.39, 0.29) is 32.0 Å². The zero-order chi connectivity index (χ0) is 22.4. The molecule has 0 saturated carbocycles. The number of hydrogen-bond acceptors (Lipinski definition) is 5. The number of fused-ring (bicyclic) bond motifs is 3. The van der Waals surface area contributed by atoms with Crippen molar-refractivity contribution in [1.82, 2.24) is 10.6 Å². The summed E-state index contributed by atoms with van der Waals surface area (Å²) >= 11 is 0. The van der Waals surface area contributed by atoms with Crippen LogP contribution in [-0.2, 0) is 14.3 Å². The maximum atomic E-state index is 12.4. The maximum absolute atomic E-state index is 12.4. The van der Waals surface area contributed by atoms with E-state index in [1.807, 2.05) is 48.5 Å². The van der Waals surface area contributed by atoms with Gasteiger partial charge in [0, 0.05) is 18.9 Å². The third kappa shape index (κ3) is 5.03. The number of carbonyl (C=O) groups is 3. The summed E-state index contributed by atoms with van der Waals surface area (Å²) in [6, 6.07) is 13.8. The monoisotopic (exact) mass is 426 g/mol. The molecule has 8 heteroatoms. The molecule has 0 radical (unpaired) electrons. The molecule has 4 N–H and O–H groups in total. The Labute approximate surface area is 180 Å². The van der Waals surface area contributed by atoms with Crippen LogP contribution in [0.1, 0.15) is 36.8 Å². The number of aliphatic carboxylic acids is 1. The van der Waals surface area contributed by atoms with E-state index in [0.29, 0.717) is 0 Å². The van der Waals surface area contributed by atoms with Gasteiger partial charge in [0.2, 0.25) is 5.91 Å². The second kappa shape index (κ2) is 10.1. The van der Waals surface area contributed by atoms with Crippen molar-refractivity contribution in [3.05, 3.63) is 59.7 Å². The molecule has 31 heavy (non-hydrogen) atoms. The molecule has 1 aliphatic carbocycles. The van der Waals surface area contributed by atoms with Crippen molar-refractivity contribution in [3.63, 3.8) is 0 Å². The normalized spacial score (nSPS) is 14.1. The summed E-state index contributed by atoms with van der Waals surface area (Å²) in [6.45, 7) is 1.42. The highest BCUT2D eigenvalue weighted by Crippen LogP contribution is 2.44. The Balaban J connectivity index is 1.62. The van der Waals surface area contributed by atoms with Crippen LogP contribution in [0.4, 0.5) is 4.79 Å². The number of rotatable bonds is 9. The molecule has 8 nitrogen and oxygen atoms in total. The molecule has 0 saturated heterocycles. The molecule has 2 aromatic carbocycles. The van der Waals surface area contributed by atoms with E-state index in [4.69, 9.17) is 14.9 Å². The number of carboxylic acid groups (broad SMARTS) is 1. The number of hydrogen-bond donors (Lipinski definition) is 4. The first-order valence-electron chi connectivity index (χ1n) is 10.2. The first kappa shape index (κ1) is 22.3. The van der Waals surface area contributed by atoms with Crippen molar-refractivity contribution in [2.24, 2.45) is 0 Å². The second-order valence-electron chi connectivity index (χ2n) is 7.34. The van der Waals surface area contributed by atoms with Crippen molar-refractivity contribution in [2.45, 2.75) is 37.8 Å². The minimum Gasteiger partial charge on any atom is -0.480 e. The van der Waals surface area contributed by atoms with E-state index < -0.39 is 30.1 Å². The van der Waals surface area contributed by atoms with Crippen molar-refractivity contribution in [2.75, 3.05) is 13.2 Å². The van der Waals surface area contributed by atoms with Crippen molar-refractivity contribution in [3.8, 4) is 11.1 Å². The van der Waals surface area contributed by atoms with Crippen LogP contribution in [0.15, 0.2) is 48.5 Å². The molecule has 0 spiro atoms. The molecule has 0 fully saturated rings. The first-order chi connectivity index (χ1) is 15.0. The summed E-state index contributed by atoms with van der Waals surface area (Å²) in [6.07, 6.45) is -0.623. The quantitative estimate of drug-likeness (QED) is 0.487. The third-order valence-electron chi connectivity index (χ3n) is 5.39. The number of aliphatic hydroxyl groups excluding tert-OH is 1. The third-order valence-corrected chi connectivity index (χ3v) is 5.39. The number of nitrogens with one attached hydrogen (secondary N) is 2. The lowest BCUT2D eigenvalue weighted by Gasteiger charge is -2.20. The van der Waals surface area contributed by atoms with Crippen molar-refractivity contribution in [1.29, 1.82) is 0 Å². The van der Waals surface area contributed by atoms with Crippen LogP contribution in [0.3, 0.4) is 0 Å². The SMILES string of the molecule is CC[C@H](NC(=O)OCC1c2ccccc2-c2ccccc21)C(=O)N[C@@H](CCO)C(=O)O. The zero-order valence-electron chi connectivity index (χ0n) is 17.2. The number of aliphatic hydroxyl groups is 1. The molecule has 0 heterocycles. The molecule has 0 aromatic heterocycles. The smallest absolute Gasteiger partial charge is 0.407 e. The second-order valence-corrected chi connectivity index (χ2v) is 7.34. The van der Waals surface area contributed by atoms with Crippen LogP contribution >= 0.6 is 0 Å². The van der Waals surface area contributed by atoms with Gasteiger partial charge in [-0.2, -0.15) is 0 Å². The lowest BCUT2D eigenvalue weighted by Crippen LogP contribution is -2.51. The van der Waals surface area contributed by atoms with Crippen LogP contribution in [0.25, 0.3) is 11.1 Å². The summed E-state index contributed by atoms with van der Waals surface area (Å²) in [4.78, 5) is 35.9. The molecule has 1 aliphatic rings. The van der Waals surface area contributed by atoms with E-state index in [1.54, 1.807) is 6.92 Å². The average Bonchev–Trinajstić information content (AvgIpc) is 3.09. The van der Waals surface area contributed by atoms with E-state index >= 15 is 0 Å². The lowest BCUT2D eigenvalue weighted by molar-refractivity contribution is -0.142. The fraction of sp³-hybridized carbons (Fsp3) is 0.348. The largest absolute Gasteiger partial charge is 0.480 e. The molecule has 2 aromatic rings. The minimum atomic E-state index is -1.25. The molecule has 164 valence electrons. The number of alkyl carbamates (subject to hydrolysis) is 1. The number of carbonyl (C=O) groups excluding carboxylic acids is 2. The fourth-order valence-corrected chi connectivity index (χ4v) is 3.79. The lowest BCUT2D eigenvalue weighted by atomic mass is 9.98. The molecular formula is C23H26N2O6. The van der Waals surface area contributed by atoms with Gasteiger partial charge >= 0.3 is 12.1 Å². The molecule has 0 bridgehead atoms. The molecule has 2 amide bonds. The summed E-state index contributed by atoms with van der Waals surface area (Å²) in [7, 11) is 0. The van der Waals surface area contributed by atoms with Crippen LogP contribution in [0.5, 0.6) is 0 Å². The van der Waals surface area contributed by atoms with Gasteiger partial charge < -0.3 is 25.6 Å². The number of carboxylic acids is 1. The van der Waals surface area contributed by atoms with Crippen LogP contribution < -0.4 is 10.6 Å². The summed E-state index contributed by atoms with van der Waals surface area (Å²) < 4.78 is 5.44. The van der Waals surface area contributed by atoms with Gasteiger partial charge in [-0.1, -0.05) is 55.5 Å². The summed E-state index contributed by atoms with van der Waals surface area (Å²) in [5, 5.41) is 22.9. The van der Waals surface area contributed by atoms with Gasteiger partial charge in [0.25, 0.3) is 0 Å². The maximum Gasteiger partial charge on any atom is 0.407 e. The first-order valence-corrected chi connectivity index (χ1v) is 10.2. The van der Waals surface area contributed by atoms with Gasteiger partial charge in [-0.15, -0.1) is 0 Å². The number of benzene rings is 2. The van der Waals surface area contributed by atoms with Gasteiger partial charge in [0.1, 0.15) is 18.7 Å². The number of ether oxygens (including phenoxy) is 1.